The summed E-state index contributed by atoms with van der Waals surface area (Å²) in [6.07, 6.45) is 2.29. The highest BCUT2D eigenvalue weighted by Crippen LogP contribution is 2.05. The number of hydrogen-bond donors (Lipinski definition) is 0. The molecule has 0 bridgehead atoms. The van der Waals surface area contributed by atoms with Crippen molar-refractivity contribution in [3.05, 3.63) is 35.9 Å². The van der Waals surface area contributed by atoms with Crippen LogP contribution in [0.3, 0.4) is 0 Å². The van der Waals surface area contributed by atoms with Crippen molar-refractivity contribution in [3.63, 3.8) is 0 Å². The second-order valence-corrected chi connectivity index (χ2v) is 5.07. The van der Waals surface area contributed by atoms with E-state index in [1.807, 2.05) is 30.3 Å². The van der Waals surface area contributed by atoms with Crippen molar-refractivity contribution in [2.75, 3.05) is 6.26 Å². The Morgan fingerprint density at radius 2 is 1.88 bits per heavy atom. The lowest BCUT2D eigenvalue weighted by atomic mass is 10.1. The second-order valence-electron chi connectivity index (χ2n) is 3.50. The molecule has 4 nitrogen and oxygen atoms in total. The Balaban J connectivity index is 2.29. The molecule has 0 unspecified atom stereocenters. The molecular formula is C11H14O4S. The lowest BCUT2D eigenvalue weighted by Gasteiger charge is -2.01. The third kappa shape index (κ3) is 5.50. The summed E-state index contributed by atoms with van der Waals surface area (Å²) in [6, 6.07) is 9.68. The summed E-state index contributed by atoms with van der Waals surface area (Å²) >= 11 is 0. The molecular weight excluding hydrogens is 228 g/mol. The van der Waals surface area contributed by atoms with E-state index in [2.05, 4.69) is 4.18 Å². The Hall–Kier alpha value is -1.36. The zero-order chi connectivity index (χ0) is 12.0. The molecule has 0 radical (unpaired) electrons. The molecule has 1 rings (SSSR count). The predicted octanol–water partition coefficient (Wildman–Crippen LogP) is 1.51. The number of rotatable bonds is 5. The van der Waals surface area contributed by atoms with Crippen molar-refractivity contribution in [2.24, 2.45) is 0 Å². The highest BCUT2D eigenvalue weighted by Gasteiger charge is 2.10. The van der Waals surface area contributed by atoms with E-state index in [4.69, 9.17) is 0 Å². The Morgan fingerprint density at radius 1 is 1.25 bits per heavy atom. The minimum absolute atomic E-state index is 0.113. The predicted molar refractivity (Wildman–Crippen MR) is 60.3 cm³/mol. The first-order valence-electron chi connectivity index (χ1n) is 4.93. The van der Waals surface area contributed by atoms with Gasteiger partial charge in [0.05, 0.1) is 6.26 Å². The lowest BCUT2D eigenvalue weighted by molar-refractivity contribution is -0.133. The largest absolute Gasteiger partial charge is 0.346 e. The van der Waals surface area contributed by atoms with Crippen LogP contribution in [0, 0.1) is 0 Å². The SMILES string of the molecule is CS(=O)(=O)OC(=O)CCCc1ccccc1. The van der Waals surface area contributed by atoms with Gasteiger partial charge in [0.15, 0.2) is 0 Å². The molecule has 0 amide bonds. The average Bonchev–Trinajstić information content (AvgIpc) is 2.16. The molecule has 0 N–H and O–H groups in total. The summed E-state index contributed by atoms with van der Waals surface area (Å²) in [5, 5.41) is 0. The number of carbonyl (C=O) groups excluding carboxylic acids is 1. The van der Waals surface area contributed by atoms with Crippen molar-refractivity contribution in [3.8, 4) is 0 Å². The Morgan fingerprint density at radius 3 is 2.44 bits per heavy atom. The van der Waals surface area contributed by atoms with Crippen molar-refractivity contribution in [1.82, 2.24) is 0 Å². The smallest absolute Gasteiger partial charge is 0.322 e. The fourth-order valence-corrected chi connectivity index (χ4v) is 1.71. The van der Waals surface area contributed by atoms with E-state index in [-0.39, 0.29) is 6.42 Å². The van der Waals surface area contributed by atoms with E-state index in [0.29, 0.717) is 6.42 Å². The summed E-state index contributed by atoms with van der Waals surface area (Å²) in [6.45, 7) is 0. The van der Waals surface area contributed by atoms with Crippen LogP contribution in [0.4, 0.5) is 0 Å². The maximum absolute atomic E-state index is 11.0. The van der Waals surface area contributed by atoms with Gasteiger partial charge in [0.2, 0.25) is 0 Å². The molecule has 1 aromatic carbocycles. The van der Waals surface area contributed by atoms with E-state index in [1.54, 1.807) is 0 Å². The van der Waals surface area contributed by atoms with Crippen molar-refractivity contribution < 1.29 is 17.4 Å². The normalized spacial score (nSPS) is 11.1. The number of benzene rings is 1. The van der Waals surface area contributed by atoms with Gasteiger partial charge in [-0.2, -0.15) is 8.42 Å². The summed E-state index contributed by atoms with van der Waals surface area (Å²) in [5.74, 6) is -0.696. The van der Waals surface area contributed by atoms with Crippen LogP contribution in [0.1, 0.15) is 18.4 Å². The molecule has 0 fully saturated rings. The molecule has 0 spiro atoms. The van der Waals surface area contributed by atoms with Gasteiger partial charge in [0.25, 0.3) is 0 Å². The van der Waals surface area contributed by atoms with Crippen LogP contribution >= 0.6 is 0 Å². The molecule has 16 heavy (non-hydrogen) atoms. The maximum Gasteiger partial charge on any atom is 0.322 e. The summed E-state index contributed by atoms with van der Waals surface area (Å²) in [4.78, 5) is 11.0. The molecule has 0 saturated heterocycles. The summed E-state index contributed by atoms with van der Waals surface area (Å²) in [5.41, 5.74) is 1.12. The third-order valence-corrected chi connectivity index (χ3v) is 2.42. The van der Waals surface area contributed by atoms with Gasteiger partial charge in [-0.05, 0) is 18.4 Å². The molecule has 0 aliphatic rings. The van der Waals surface area contributed by atoms with Gasteiger partial charge in [-0.15, -0.1) is 0 Å². The topological polar surface area (TPSA) is 60.4 Å². The first-order valence-corrected chi connectivity index (χ1v) is 6.75. The molecule has 1 aromatic rings. The number of carbonyl (C=O) groups is 1. The molecule has 0 heterocycles. The third-order valence-electron chi connectivity index (χ3n) is 1.93. The molecule has 88 valence electrons. The van der Waals surface area contributed by atoms with E-state index in [1.165, 1.54) is 0 Å². The van der Waals surface area contributed by atoms with Crippen LogP contribution in [0.15, 0.2) is 30.3 Å². The summed E-state index contributed by atoms with van der Waals surface area (Å²) < 4.78 is 25.5. The van der Waals surface area contributed by atoms with Crippen LogP contribution in [0.25, 0.3) is 0 Å². The average molecular weight is 242 g/mol. The van der Waals surface area contributed by atoms with Gasteiger partial charge in [-0.25, -0.2) is 0 Å². The quantitative estimate of drug-likeness (QED) is 0.734. The Kier molecular flexibility index (Phi) is 4.49. The van der Waals surface area contributed by atoms with E-state index in [9.17, 15) is 13.2 Å². The van der Waals surface area contributed by atoms with Crippen LogP contribution in [-0.4, -0.2) is 20.6 Å². The molecule has 0 atom stereocenters. The van der Waals surface area contributed by atoms with E-state index >= 15 is 0 Å². The van der Waals surface area contributed by atoms with E-state index in [0.717, 1.165) is 18.2 Å². The van der Waals surface area contributed by atoms with E-state index < -0.39 is 16.1 Å². The minimum atomic E-state index is -3.67. The maximum atomic E-state index is 11.0. The fraction of sp³-hybridized carbons (Fsp3) is 0.364. The summed E-state index contributed by atoms with van der Waals surface area (Å²) in [7, 11) is -3.67. The zero-order valence-electron chi connectivity index (χ0n) is 9.05. The van der Waals surface area contributed by atoms with Crippen molar-refractivity contribution in [2.45, 2.75) is 19.3 Å². The van der Waals surface area contributed by atoms with Gasteiger partial charge >= 0.3 is 16.1 Å². The van der Waals surface area contributed by atoms with Crippen LogP contribution in [0.5, 0.6) is 0 Å². The second kappa shape index (κ2) is 5.65. The van der Waals surface area contributed by atoms with Gasteiger partial charge in [-0.3, -0.25) is 4.79 Å². The van der Waals surface area contributed by atoms with Crippen molar-refractivity contribution in [1.29, 1.82) is 0 Å². The highest BCUT2D eigenvalue weighted by molar-refractivity contribution is 7.86. The van der Waals surface area contributed by atoms with Crippen molar-refractivity contribution >= 4 is 16.1 Å². The number of aryl methyl sites for hydroxylation is 1. The first kappa shape index (κ1) is 12.7. The van der Waals surface area contributed by atoms with Gasteiger partial charge in [-0.1, -0.05) is 30.3 Å². The lowest BCUT2D eigenvalue weighted by Crippen LogP contribution is -2.11. The Bertz CT molecular complexity index is 436. The van der Waals surface area contributed by atoms with Gasteiger partial charge < -0.3 is 4.18 Å². The first-order chi connectivity index (χ1) is 7.47. The number of hydrogen-bond acceptors (Lipinski definition) is 4. The standard InChI is InChI=1S/C11H14O4S/c1-16(13,14)15-11(12)9-5-8-10-6-3-2-4-7-10/h2-4,6-7H,5,8-9H2,1H3. The van der Waals surface area contributed by atoms with Gasteiger partial charge in [0, 0.05) is 6.42 Å². The molecule has 0 saturated carbocycles. The van der Waals surface area contributed by atoms with Crippen LogP contribution < -0.4 is 0 Å². The fourth-order valence-electron chi connectivity index (χ4n) is 1.29. The monoisotopic (exact) mass is 242 g/mol. The Labute approximate surface area is 95.4 Å². The molecule has 0 aliphatic carbocycles. The van der Waals surface area contributed by atoms with Crippen LogP contribution in [0.2, 0.25) is 0 Å². The molecule has 0 aromatic heterocycles. The van der Waals surface area contributed by atoms with Gasteiger partial charge in [0.1, 0.15) is 0 Å². The molecule has 5 heteroatoms. The van der Waals surface area contributed by atoms with Crippen LogP contribution in [-0.2, 0) is 25.5 Å². The molecule has 0 aliphatic heterocycles. The highest BCUT2D eigenvalue weighted by atomic mass is 32.2. The zero-order valence-corrected chi connectivity index (χ0v) is 9.87. The minimum Gasteiger partial charge on any atom is -0.346 e.